The highest BCUT2D eigenvalue weighted by atomic mass is 79.9. The summed E-state index contributed by atoms with van der Waals surface area (Å²) in [6.45, 7) is 2.88. The molecule has 5 nitrogen and oxygen atoms in total. The summed E-state index contributed by atoms with van der Waals surface area (Å²) < 4.78 is 5.83. The molecule has 0 radical (unpaired) electrons. The van der Waals surface area contributed by atoms with Crippen LogP contribution in [0.15, 0.2) is 27.6 Å². The number of benzene rings is 1. The van der Waals surface area contributed by atoms with Gasteiger partial charge < -0.3 is 15.4 Å². The van der Waals surface area contributed by atoms with Crippen molar-refractivity contribution < 1.29 is 14.3 Å². The SMILES string of the molecule is COCCNC(=O)CNC(=O)CSc1ccc(Br)cc1C. The summed E-state index contributed by atoms with van der Waals surface area (Å²) in [5.74, 6) is -0.0946. The van der Waals surface area contributed by atoms with Gasteiger partial charge in [-0.3, -0.25) is 9.59 Å². The van der Waals surface area contributed by atoms with E-state index >= 15 is 0 Å². The molecule has 0 heterocycles. The molecule has 0 aromatic heterocycles. The zero-order chi connectivity index (χ0) is 15.7. The zero-order valence-corrected chi connectivity index (χ0v) is 14.5. The molecule has 1 aromatic carbocycles. The third-order valence-corrected chi connectivity index (χ3v) is 4.24. The van der Waals surface area contributed by atoms with E-state index in [2.05, 4.69) is 26.6 Å². The lowest BCUT2D eigenvalue weighted by molar-refractivity contribution is -0.124. The number of ether oxygens (including phenoxy) is 1. The Balaban J connectivity index is 2.26. The normalized spacial score (nSPS) is 10.2. The summed E-state index contributed by atoms with van der Waals surface area (Å²) in [6.07, 6.45) is 0. The molecule has 0 fully saturated rings. The van der Waals surface area contributed by atoms with Gasteiger partial charge in [-0.2, -0.15) is 0 Å². The van der Waals surface area contributed by atoms with E-state index in [1.54, 1.807) is 7.11 Å². The molecule has 2 amide bonds. The monoisotopic (exact) mass is 374 g/mol. The number of amides is 2. The number of halogens is 1. The predicted octanol–water partition coefficient (Wildman–Crippen LogP) is 1.73. The summed E-state index contributed by atoms with van der Waals surface area (Å²) in [7, 11) is 1.56. The van der Waals surface area contributed by atoms with Crippen LogP contribution < -0.4 is 10.6 Å². The van der Waals surface area contributed by atoms with Crippen molar-refractivity contribution >= 4 is 39.5 Å². The second kappa shape index (κ2) is 9.81. The van der Waals surface area contributed by atoms with Crippen LogP contribution in [0.5, 0.6) is 0 Å². The van der Waals surface area contributed by atoms with Gasteiger partial charge in [-0.15, -0.1) is 11.8 Å². The highest BCUT2D eigenvalue weighted by molar-refractivity contribution is 9.10. The molecule has 0 atom stereocenters. The maximum absolute atomic E-state index is 11.7. The molecule has 2 N–H and O–H groups in total. The maximum atomic E-state index is 11.7. The number of hydrogen-bond donors (Lipinski definition) is 2. The minimum absolute atomic E-state index is 0.0115. The first-order valence-electron chi connectivity index (χ1n) is 6.44. The van der Waals surface area contributed by atoms with Crippen molar-refractivity contribution in [3.8, 4) is 0 Å². The van der Waals surface area contributed by atoms with Gasteiger partial charge >= 0.3 is 0 Å². The molecule has 0 bridgehead atoms. The van der Waals surface area contributed by atoms with Gasteiger partial charge in [0.05, 0.1) is 18.9 Å². The van der Waals surface area contributed by atoms with E-state index in [0.29, 0.717) is 13.2 Å². The molecule has 1 aromatic rings. The van der Waals surface area contributed by atoms with E-state index in [1.165, 1.54) is 11.8 Å². The highest BCUT2D eigenvalue weighted by Gasteiger charge is 2.07. The molecule has 0 aliphatic heterocycles. The van der Waals surface area contributed by atoms with E-state index in [4.69, 9.17) is 4.74 Å². The number of rotatable bonds is 8. The Kier molecular flexibility index (Phi) is 8.41. The molecule has 1 rings (SSSR count). The molecule has 0 aliphatic rings. The Morgan fingerprint density at radius 2 is 2.05 bits per heavy atom. The van der Waals surface area contributed by atoms with Crippen LogP contribution in [0.2, 0.25) is 0 Å². The number of methoxy groups -OCH3 is 1. The Morgan fingerprint density at radius 1 is 1.29 bits per heavy atom. The average molecular weight is 375 g/mol. The van der Waals surface area contributed by atoms with Gasteiger partial charge in [-0.25, -0.2) is 0 Å². The fraction of sp³-hybridized carbons (Fsp3) is 0.429. The molecule has 116 valence electrons. The van der Waals surface area contributed by atoms with E-state index in [9.17, 15) is 9.59 Å². The molecule has 0 unspecified atom stereocenters. The van der Waals surface area contributed by atoms with Crippen molar-refractivity contribution in [1.82, 2.24) is 10.6 Å². The Morgan fingerprint density at radius 3 is 2.71 bits per heavy atom. The molecular formula is C14H19BrN2O3S. The van der Waals surface area contributed by atoms with Gasteiger partial charge in [-0.1, -0.05) is 15.9 Å². The lowest BCUT2D eigenvalue weighted by Gasteiger charge is -2.08. The third-order valence-electron chi connectivity index (χ3n) is 2.57. The first kappa shape index (κ1) is 18.0. The minimum Gasteiger partial charge on any atom is -0.383 e. The van der Waals surface area contributed by atoms with Crippen LogP contribution >= 0.6 is 27.7 Å². The quantitative estimate of drug-likeness (QED) is 0.537. The molecule has 0 saturated carbocycles. The van der Waals surface area contributed by atoms with Crippen LogP contribution in [-0.2, 0) is 14.3 Å². The Hall–Kier alpha value is -1.05. The smallest absolute Gasteiger partial charge is 0.239 e. The Bertz CT molecular complexity index is 497. The van der Waals surface area contributed by atoms with Crippen molar-refractivity contribution in [3.63, 3.8) is 0 Å². The van der Waals surface area contributed by atoms with E-state index < -0.39 is 0 Å². The first-order valence-corrected chi connectivity index (χ1v) is 8.22. The summed E-state index contributed by atoms with van der Waals surface area (Å²) in [6, 6.07) is 5.91. The van der Waals surface area contributed by atoms with Gasteiger partial charge in [-0.05, 0) is 30.7 Å². The van der Waals surface area contributed by atoms with Gasteiger partial charge in [0, 0.05) is 23.0 Å². The van der Waals surface area contributed by atoms with Crippen molar-refractivity contribution in [2.24, 2.45) is 0 Å². The van der Waals surface area contributed by atoms with Crippen molar-refractivity contribution in [2.45, 2.75) is 11.8 Å². The zero-order valence-electron chi connectivity index (χ0n) is 12.1. The lowest BCUT2D eigenvalue weighted by Crippen LogP contribution is -2.38. The second-order valence-electron chi connectivity index (χ2n) is 4.32. The van der Waals surface area contributed by atoms with Crippen LogP contribution in [0.4, 0.5) is 0 Å². The molecule has 7 heteroatoms. The van der Waals surface area contributed by atoms with Crippen LogP contribution in [-0.4, -0.2) is 44.4 Å². The van der Waals surface area contributed by atoms with Gasteiger partial charge in [0.15, 0.2) is 0 Å². The van der Waals surface area contributed by atoms with Gasteiger partial charge in [0.2, 0.25) is 11.8 Å². The van der Waals surface area contributed by atoms with Crippen LogP contribution in [0.3, 0.4) is 0 Å². The fourth-order valence-electron chi connectivity index (χ4n) is 1.50. The van der Waals surface area contributed by atoms with Crippen molar-refractivity contribution in [1.29, 1.82) is 0 Å². The topological polar surface area (TPSA) is 67.4 Å². The largest absolute Gasteiger partial charge is 0.383 e. The molecular weight excluding hydrogens is 356 g/mol. The number of carbonyl (C=O) groups is 2. The molecule has 0 aliphatic carbocycles. The summed E-state index contributed by atoms with van der Waals surface area (Å²) in [5.41, 5.74) is 1.11. The molecule has 21 heavy (non-hydrogen) atoms. The number of carbonyl (C=O) groups excluding carboxylic acids is 2. The van der Waals surface area contributed by atoms with Crippen LogP contribution in [0, 0.1) is 6.92 Å². The van der Waals surface area contributed by atoms with E-state index in [0.717, 1.165) is 14.9 Å². The molecule has 0 saturated heterocycles. The lowest BCUT2D eigenvalue weighted by atomic mass is 10.2. The maximum Gasteiger partial charge on any atom is 0.239 e. The number of hydrogen-bond acceptors (Lipinski definition) is 4. The summed E-state index contributed by atoms with van der Waals surface area (Å²) >= 11 is 4.85. The van der Waals surface area contributed by atoms with Gasteiger partial charge in [0.1, 0.15) is 0 Å². The van der Waals surface area contributed by atoms with E-state index in [-0.39, 0.29) is 24.1 Å². The number of aryl methyl sites for hydroxylation is 1. The van der Waals surface area contributed by atoms with Crippen molar-refractivity contribution in [3.05, 3.63) is 28.2 Å². The first-order chi connectivity index (χ1) is 10.0. The standard InChI is InChI=1S/C14H19BrN2O3S/c1-10-7-11(15)3-4-12(10)21-9-14(19)17-8-13(18)16-5-6-20-2/h3-4,7H,5-6,8-9H2,1-2H3,(H,16,18)(H,17,19). The minimum atomic E-state index is -0.217. The summed E-state index contributed by atoms with van der Waals surface area (Å²) in [5, 5.41) is 5.23. The number of nitrogens with one attached hydrogen (secondary N) is 2. The molecule has 0 spiro atoms. The van der Waals surface area contributed by atoms with Crippen molar-refractivity contribution in [2.75, 3.05) is 32.6 Å². The van der Waals surface area contributed by atoms with Gasteiger partial charge in [0.25, 0.3) is 0 Å². The average Bonchev–Trinajstić information content (AvgIpc) is 2.44. The third kappa shape index (κ3) is 7.50. The fourth-order valence-corrected chi connectivity index (χ4v) is 2.82. The Labute approximate surface area is 137 Å². The highest BCUT2D eigenvalue weighted by Crippen LogP contribution is 2.24. The second-order valence-corrected chi connectivity index (χ2v) is 6.25. The predicted molar refractivity (Wildman–Crippen MR) is 87.5 cm³/mol. The van der Waals surface area contributed by atoms with Crippen LogP contribution in [0.1, 0.15) is 5.56 Å². The van der Waals surface area contributed by atoms with E-state index in [1.807, 2.05) is 25.1 Å². The number of thioether (sulfide) groups is 1. The van der Waals surface area contributed by atoms with Crippen LogP contribution in [0.25, 0.3) is 0 Å². The summed E-state index contributed by atoms with van der Waals surface area (Å²) in [4.78, 5) is 24.1.